The van der Waals surface area contributed by atoms with Crippen molar-refractivity contribution in [2.24, 2.45) is 0 Å². The third-order valence-electron chi connectivity index (χ3n) is 3.69. The number of hydrogen-bond acceptors (Lipinski definition) is 2. The van der Waals surface area contributed by atoms with Gasteiger partial charge in [0, 0.05) is 11.6 Å². The fourth-order valence-electron chi connectivity index (χ4n) is 2.55. The van der Waals surface area contributed by atoms with Crippen LogP contribution in [0.5, 0.6) is 0 Å². The zero-order chi connectivity index (χ0) is 15.5. The SMILES string of the molecule is CCC(NC(=O)N1CCOC(C)(C)C1)c1ccc(Cl)cc1. The number of amides is 2. The maximum Gasteiger partial charge on any atom is 0.318 e. The lowest BCUT2D eigenvalue weighted by Crippen LogP contribution is -2.53. The molecule has 0 bridgehead atoms. The summed E-state index contributed by atoms with van der Waals surface area (Å²) in [6.45, 7) is 7.88. The van der Waals surface area contributed by atoms with Crippen LogP contribution >= 0.6 is 11.6 Å². The first-order valence-corrected chi connectivity index (χ1v) is 7.74. The van der Waals surface area contributed by atoms with Crippen molar-refractivity contribution in [2.75, 3.05) is 19.7 Å². The van der Waals surface area contributed by atoms with Gasteiger partial charge in [-0.15, -0.1) is 0 Å². The minimum absolute atomic E-state index is 0.000670. The summed E-state index contributed by atoms with van der Waals surface area (Å²) in [6, 6.07) is 7.58. The van der Waals surface area contributed by atoms with E-state index in [1.165, 1.54) is 0 Å². The largest absolute Gasteiger partial charge is 0.372 e. The standard InChI is InChI=1S/C16H23ClN2O2/c1-4-14(12-5-7-13(17)8-6-12)18-15(20)19-9-10-21-16(2,3)11-19/h5-8,14H,4,9-11H2,1-3H3,(H,18,20). The highest BCUT2D eigenvalue weighted by atomic mass is 35.5. The van der Waals surface area contributed by atoms with Gasteiger partial charge in [-0.1, -0.05) is 30.7 Å². The van der Waals surface area contributed by atoms with E-state index in [9.17, 15) is 4.79 Å². The monoisotopic (exact) mass is 310 g/mol. The first-order valence-electron chi connectivity index (χ1n) is 7.36. The lowest BCUT2D eigenvalue weighted by molar-refractivity contribution is -0.0735. The molecule has 4 nitrogen and oxygen atoms in total. The Balaban J connectivity index is 2.01. The van der Waals surface area contributed by atoms with Gasteiger partial charge in [0.15, 0.2) is 0 Å². The van der Waals surface area contributed by atoms with Gasteiger partial charge in [0.1, 0.15) is 0 Å². The molecular formula is C16H23ClN2O2. The zero-order valence-corrected chi connectivity index (χ0v) is 13.6. The quantitative estimate of drug-likeness (QED) is 0.926. The molecule has 1 fully saturated rings. The number of nitrogens with one attached hydrogen (secondary N) is 1. The topological polar surface area (TPSA) is 41.6 Å². The summed E-state index contributed by atoms with van der Waals surface area (Å²) in [5.41, 5.74) is 0.792. The number of halogens is 1. The number of nitrogens with zero attached hydrogens (tertiary/aromatic N) is 1. The van der Waals surface area contributed by atoms with Crippen LogP contribution in [0.4, 0.5) is 4.79 Å². The van der Waals surface area contributed by atoms with Crippen LogP contribution in [0, 0.1) is 0 Å². The Morgan fingerprint density at radius 3 is 2.67 bits per heavy atom. The van der Waals surface area contributed by atoms with E-state index < -0.39 is 0 Å². The molecule has 116 valence electrons. The maximum atomic E-state index is 12.4. The average Bonchev–Trinajstić information content (AvgIpc) is 2.44. The summed E-state index contributed by atoms with van der Waals surface area (Å²) in [4.78, 5) is 14.3. The highest BCUT2D eigenvalue weighted by molar-refractivity contribution is 6.30. The molecule has 1 aromatic carbocycles. The number of ether oxygens (including phenoxy) is 1. The molecule has 1 aliphatic heterocycles. The van der Waals surface area contributed by atoms with Gasteiger partial charge in [0.05, 0.1) is 24.8 Å². The Hall–Kier alpha value is -1.26. The van der Waals surface area contributed by atoms with Crippen molar-refractivity contribution in [3.05, 3.63) is 34.9 Å². The third kappa shape index (κ3) is 4.35. The van der Waals surface area contributed by atoms with Crippen molar-refractivity contribution < 1.29 is 9.53 Å². The molecule has 2 rings (SSSR count). The second kappa shape index (κ2) is 6.67. The minimum Gasteiger partial charge on any atom is -0.372 e. The molecule has 1 N–H and O–H groups in total. The first-order chi connectivity index (χ1) is 9.91. The fraction of sp³-hybridized carbons (Fsp3) is 0.562. The molecule has 0 spiro atoms. The summed E-state index contributed by atoms with van der Waals surface area (Å²) >= 11 is 5.91. The molecule has 0 saturated carbocycles. The predicted molar refractivity (Wildman–Crippen MR) is 84.6 cm³/mol. The summed E-state index contributed by atoms with van der Waals surface area (Å²) in [5.74, 6) is 0. The number of hydrogen-bond donors (Lipinski definition) is 1. The van der Waals surface area contributed by atoms with E-state index >= 15 is 0 Å². The molecule has 21 heavy (non-hydrogen) atoms. The summed E-state index contributed by atoms with van der Waals surface area (Å²) in [6.07, 6.45) is 0.834. The molecule has 1 heterocycles. The van der Waals surface area contributed by atoms with Crippen molar-refractivity contribution in [1.29, 1.82) is 0 Å². The van der Waals surface area contributed by atoms with Crippen LogP contribution in [0.3, 0.4) is 0 Å². The van der Waals surface area contributed by atoms with Crippen molar-refractivity contribution >= 4 is 17.6 Å². The van der Waals surface area contributed by atoms with Crippen molar-refractivity contribution in [2.45, 2.75) is 38.8 Å². The number of morpholine rings is 1. The number of carbonyl (C=O) groups excluding carboxylic acids is 1. The van der Waals surface area contributed by atoms with E-state index in [-0.39, 0.29) is 17.7 Å². The smallest absolute Gasteiger partial charge is 0.318 e. The third-order valence-corrected chi connectivity index (χ3v) is 3.94. The lowest BCUT2D eigenvalue weighted by Gasteiger charge is -2.38. The van der Waals surface area contributed by atoms with Gasteiger partial charge in [0.25, 0.3) is 0 Å². The Kier molecular flexibility index (Phi) is 5.12. The number of urea groups is 1. The van der Waals surface area contributed by atoms with E-state index in [1.807, 2.05) is 43.0 Å². The van der Waals surface area contributed by atoms with E-state index in [2.05, 4.69) is 12.2 Å². The minimum atomic E-state index is -0.280. The van der Waals surface area contributed by atoms with Gasteiger partial charge in [-0.3, -0.25) is 0 Å². The van der Waals surface area contributed by atoms with Crippen LogP contribution in [0.15, 0.2) is 24.3 Å². The molecule has 0 aliphatic carbocycles. The Labute approximate surface area is 131 Å². The summed E-state index contributed by atoms with van der Waals surface area (Å²) in [5, 5.41) is 3.80. The zero-order valence-electron chi connectivity index (χ0n) is 12.9. The molecular weight excluding hydrogens is 288 g/mol. The lowest BCUT2D eigenvalue weighted by atomic mass is 10.0. The van der Waals surface area contributed by atoms with Crippen molar-refractivity contribution in [1.82, 2.24) is 10.2 Å². The molecule has 1 unspecified atom stereocenters. The highest BCUT2D eigenvalue weighted by Gasteiger charge is 2.30. The molecule has 1 saturated heterocycles. The normalized spacial score (nSPS) is 19.1. The molecule has 2 amide bonds. The second-order valence-electron chi connectivity index (χ2n) is 5.99. The van der Waals surface area contributed by atoms with Gasteiger partial charge in [0.2, 0.25) is 0 Å². The summed E-state index contributed by atoms with van der Waals surface area (Å²) in [7, 11) is 0. The molecule has 5 heteroatoms. The molecule has 1 atom stereocenters. The maximum absolute atomic E-state index is 12.4. The van der Waals surface area contributed by atoms with Crippen LogP contribution in [0.1, 0.15) is 38.8 Å². The van der Waals surface area contributed by atoms with Gasteiger partial charge >= 0.3 is 6.03 Å². The van der Waals surface area contributed by atoms with E-state index in [1.54, 1.807) is 0 Å². The van der Waals surface area contributed by atoms with Gasteiger partial charge in [-0.05, 0) is 38.0 Å². The van der Waals surface area contributed by atoms with E-state index in [4.69, 9.17) is 16.3 Å². The highest BCUT2D eigenvalue weighted by Crippen LogP contribution is 2.21. The average molecular weight is 311 g/mol. The van der Waals surface area contributed by atoms with Crippen LogP contribution in [0.2, 0.25) is 5.02 Å². The molecule has 1 aromatic rings. The predicted octanol–water partition coefficient (Wildman–Crippen LogP) is 3.61. The number of carbonyl (C=O) groups is 1. The summed E-state index contributed by atoms with van der Waals surface area (Å²) < 4.78 is 5.64. The van der Waals surface area contributed by atoms with Crippen LogP contribution in [-0.4, -0.2) is 36.2 Å². The van der Waals surface area contributed by atoms with Gasteiger partial charge in [-0.25, -0.2) is 4.79 Å². The Bertz CT molecular complexity index is 488. The van der Waals surface area contributed by atoms with Crippen molar-refractivity contribution in [3.8, 4) is 0 Å². The second-order valence-corrected chi connectivity index (χ2v) is 6.43. The van der Waals surface area contributed by atoms with Crippen molar-refractivity contribution in [3.63, 3.8) is 0 Å². The fourth-order valence-corrected chi connectivity index (χ4v) is 2.67. The molecule has 0 radical (unpaired) electrons. The van der Waals surface area contributed by atoms with Crippen LogP contribution in [0.25, 0.3) is 0 Å². The van der Waals surface area contributed by atoms with E-state index in [0.717, 1.165) is 12.0 Å². The molecule has 1 aliphatic rings. The molecule has 0 aromatic heterocycles. The number of benzene rings is 1. The Morgan fingerprint density at radius 2 is 2.10 bits per heavy atom. The van der Waals surface area contributed by atoms with Crippen LogP contribution in [-0.2, 0) is 4.74 Å². The van der Waals surface area contributed by atoms with E-state index in [0.29, 0.717) is 24.7 Å². The first kappa shape index (κ1) is 16.1. The Morgan fingerprint density at radius 1 is 1.43 bits per heavy atom. The number of rotatable bonds is 3. The van der Waals surface area contributed by atoms with Gasteiger partial charge < -0.3 is 15.0 Å². The van der Waals surface area contributed by atoms with Crippen LogP contribution < -0.4 is 5.32 Å². The van der Waals surface area contributed by atoms with Gasteiger partial charge in [-0.2, -0.15) is 0 Å².